The molecule has 0 fully saturated rings. The van der Waals surface area contributed by atoms with Crippen molar-refractivity contribution in [1.82, 2.24) is 4.90 Å². The van der Waals surface area contributed by atoms with Crippen molar-refractivity contribution in [3.05, 3.63) is 27.9 Å². The van der Waals surface area contributed by atoms with Gasteiger partial charge in [-0.1, -0.05) is 20.8 Å². The summed E-state index contributed by atoms with van der Waals surface area (Å²) in [6.45, 7) is 7.92. The van der Waals surface area contributed by atoms with Crippen LogP contribution in [0.15, 0.2) is 27.3 Å². The minimum atomic E-state index is -0.490. The number of hydrogen-bond acceptors (Lipinski definition) is 6. The lowest BCUT2D eigenvalue weighted by atomic mass is 9.97. The van der Waals surface area contributed by atoms with Gasteiger partial charge in [0.25, 0.3) is 5.91 Å². The smallest absolute Gasteiger partial charge is 0.363 e. The zero-order valence-electron chi connectivity index (χ0n) is 17.0. The van der Waals surface area contributed by atoms with Crippen LogP contribution >= 0.6 is 15.9 Å². The highest BCUT2D eigenvalue weighted by molar-refractivity contribution is 9.10. The molecule has 1 aromatic carbocycles. The number of amides is 1. The van der Waals surface area contributed by atoms with Crippen molar-refractivity contribution in [1.29, 1.82) is 0 Å². The SMILES string of the molecule is CCOc1cc(/C=C2\N=C(C(C)(C)C)OC2=O)cc(Br)c1OCC(=O)N(C)C. The number of halogens is 1. The van der Waals surface area contributed by atoms with Gasteiger partial charge in [0, 0.05) is 19.5 Å². The van der Waals surface area contributed by atoms with Gasteiger partial charge in [-0.05, 0) is 46.6 Å². The Hall–Kier alpha value is -2.35. The fourth-order valence-corrected chi connectivity index (χ4v) is 2.80. The quantitative estimate of drug-likeness (QED) is 0.486. The van der Waals surface area contributed by atoms with Crippen LogP contribution in [0.1, 0.15) is 33.3 Å². The first kappa shape index (κ1) is 21.9. The van der Waals surface area contributed by atoms with E-state index in [1.165, 1.54) is 4.90 Å². The highest BCUT2D eigenvalue weighted by atomic mass is 79.9. The van der Waals surface area contributed by atoms with Crippen LogP contribution in [0.2, 0.25) is 0 Å². The number of carbonyl (C=O) groups excluding carboxylic acids is 2. The van der Waals surface area contributed by atoms with Crippen molar-refractivity contribution in [3.8, 4) is 11.5 Å². The van der Waals surface area contributed by atoms with E-state index in [2.05, 4.69) is 20.9 Å². The molecule has 8 heteroatoms. The summed E-state index contributed by atoms with van der Waals surface area (Å²) in [5.41, 5.74) is 0.544. The summed E-state index contributed by atoms with van der Waals surface area (Å²) < 4.78 is 17.2. The summed E-state index contributed by atoms with van der Waals surface area (Å²) in [5, 5.41) is 0. The third-order valence-electron chi connectivity index (χ3n) is 3.74. The summed E-state index contributed by atoms with van der Waals surface area (Å²) in [7, 11) is 3.32. The molecule has 0 radical (unpaired) electrons. The van der Waals surface area contributed by atoms with E-state index in [9.17, 15) is 9.59 Å². The van der Waals surface area contributed by atoms with Gasteiger partial charge in [0.05, 0.1) is 11.1 Å². The van der Waals surface area contributed by atoms with E-state index in [4.69, 9.17) is 14.2 Å². The number of esters is 1. The van der Waals surface area contributed by atoms with Crippen molar-refractivity contribution in [2.24, 2.45) is 10.4 Å². The number of nitrogens with zero attached hydrogens (tertiary/aromatic N) is 2. The van der Waals surface area contributed by atoms with Crippen molar-refractivity contribution >= 4 is 39.8 Å². The van der Waals surface area contributed by atoms with E-state index in [1.54, 1.807) is 32.3 Å². The standard InChI is InChI=1S/C20H25BrN2O5/c1-7-26-15-10-12(8-13(21)17(15)27-11-16(24)23(5)6)9-14-18(25)28-19(22-14)20(2,3)4/h8-10H,7,11H2,1-6H3/b14-9-. The molecule has 7 nitrogen and oxygen atoms in total. The lowest BCUT2D eigenvalue weighted by Gasteiger charge is -2.16. The molecule has 152 valence electrons. The van der Waals surface area contributed by atoms with Crippen molar-refractivity contribution in [2.45, 2.75) is 27.7 Å². The molecule has 28 heavy (non-hydrogen) atoms. The van der Waals surface area contributed by atoms with Crippen LogP contribution in [0, 0.1) is 5.41 Å². The normalized spacial score (nSPS) is 15.3. The number of rotatable bonds is 6. The molecule has 1 aliphatic rings. The Bertz CT molecular complexity index is 838. The second-order valence-electron chi connectivity index (χ2n) is 7.43. The van der Waals surface area contributed by atoms with E-state index in [1.807, 2.05) is 27.7 Å². The molecule has 0 N–H and O–H groups in total. The molecule has 0 atom stereocenters. The van der Waals surface area contributed by atoms with Crippen LogP contribution in [-0.2, 0) is 14.3 Å². The second kappa shape index (κ2) is 8.77. The fourth-order valence-electron chi connectivity index (χ4n) is 2.23. The van der Waals surface area contributed by atoms with Crippen molar-refractivity contribution in [2.75, 3.05) is 27.3 Å². The van der Waals surface area contributed by atoms with Gasteiger partial charge in [0.1, 0.15) is 0 Å². The molecule has 0 saturated carbocycles. The van der Waals surface area contributed by atoms with E-state index >= 15 is 0 Å². The Labute approximate surface area is 173 Å². The van der Waals surface area contributed by atoms with Crippen LogP contribution in [-0.4, -0.2) is 50.0 Å². The Kier molecular flexibility index (Phi) is 6.87. The molecule has 0 aliphatic carbocycles. The first-order valence-corrected chi connectivity index (χ1v) is 9.64. The maximum absolute atomic E-state index is 12.1. The van der Waals surface area contributed by atoms with E-state index < -0.39 is 5.97 Å². The monoisotopic (exact) mass is 452 g/mol. The summed E-state index contributed by atoms with van der Waals surface area (Å²) in [5.74, 6) is 0.609. The van der Waals surface area contributed by atoms with Crippen LogP contribution in [0.25, 0.3) is 6.08 Å². The van der Waals surface area contributed by atoms with Crippen molar-refractivity contribution in [3.63, 3.8) is 0 Å². The maximum atomic E-state index is 12.1. The van der Waals surface area contributed by atoms with Crippen molar-refractivity contribution < 1.29 is 23.8 Å². The van der Waals surface area contributed by atoms with Gasteiger partial charge in [-0.15, -0.1) is 0 Å². The number of aliphatic imine (C=N–C) groups is 1. The van der Waals surface area contributed by atoms with Gasteiger partial charge in [0.2, 0.25) is 5.90 Å². The number of ether oxygens (including phenoxy) is 3. The minimum absolute atomic E-state index is 0.113. The van der Waals surface area contributed by atoms with E-state index in [-0.39, 0.29) is 23.6 Å². The summed E-state index contributed by atoms with van der Waals surface area (Å²) in [4.78, 5) is 29.7. The molecule has 0 unspecified atom stereocenters. The largest absolute Gasteiger partial charge is 0.490 e. The molecule has 0 spiro atoms. The Morgan fingerprint density at radius 2 is 1.96 bits per heavy atom. The number of likely N-dealkylation sites (N-methyl/N-ethyl adjacent to an activating group) is 1. The molecule has 0 aromatic heterocycles. The van der Waals surface area contributed by atoms with Gasteiger partial charge in [0.15, 0.2) is 23.8 Å². The highest BCUT2D eigenvalue weighted by Gasteiger charge is 2.31. The number of carbonyl (C=O) groups is 2. The lowest BCUT2D eigenvalue weighted by Crippen LogP contribution is -2.27. The lowest BCUT2D eigenvalue weighted by molar-refractivity contribution is -0.131. The molecule has 1 heterocycles. The molecular formula is C20H25BrN2O5. The van der Waals surface area contributed by atoms with Crippen LogP contribution in [0.4, 0.5) is 0 Å². The third kappa shape index (κ3) is 5.34. The van der Waals surface area contributed by atoms with Crippen LogP contribution in [0.3, 0.4) is 0 Å². The molecule has 0 bridgehead atoms. The van der Waals surface area contributed by atoms with E-state index in [0.717, 1.165) is 0 Å². The maximum Gasteiger partial charge on any atom is 0.363 e. The minimum Gasteiger partial charge on any atom is -0.490 e. The van der Waals surface area contributed by atoms with Gasteiger partial charge in [-0.25, -0.2) is 9.79 Å². The second-order valence-corrected chi connectivity index (χ2v) is 8.28. The number of cyclic esters (lactones) is 1. The van der Waals surface area contributed by atoms with Crippen LogP contribution in [0.5, 0.6) is 11.5 Å². The molecule has 0 saturated heterocycles. The summed E-state index contributed by atoms with van der Waals surface area (Å²) in [6.07, 6.45) is 1.63. The molecule has 2 rings (SSSR count). The zero-order valence-corrected chi connectivity index (χ0v) is 18.5. The van der Waals surface area contributed by atoms with Gasteiger partial charge < -0.3 is 19.1 Å². The highest BCUT2D eigenvalue weighted by Crippen LogP contribution is 2.38. The molecule has 1 aliphatic heterocycles. The van der Waals surface area contributed by atoms with Crippen LogP contribution < -0.4 is 9.47 Å². The number of benzene rings is 1. The third-order valence-corrected chi connectivity index (χ3v) is 4.33. The first-order chi connectivity index (χ1) is 13.0. The van der Waals surface area contributed by atoms with Gasteiger partial charge in [-0.3, -0.25) is 4.79 Å². The first-order valence-electron chi connectivity index (χ1n) is 8.85. The summed E-state index contributed by atoms with van der Waals surface area (Å²) >= 11 is 3.45. The Morgan fingerprint density at radius 1 is 1.29 bits per heavy atom. The number of hydrogen-bond donors (Lipinski definition) is 0. The predicted molar refractivity (Wildman–Crippen MR) is 110 cm³/mol. The van der Waals surface area contributed by atoms with E-state index in [0.29, 0.717) is 34.0 Å². The average molecular weight is 453 g/mol. The molecule has 1 aromatic rings. The molecule has 1 amide bonds. The topological polar surface area (TPSA) is 77.4 Å². The van der Waals surface area contributed by atoms with Gasteiger partial charge in [-0.2, -0.15) is 0 Å². The Morgan fingerprint density at radius 3 is 2.50 bits per heavy atom. The predicted octanol–water partition coefficient (Wildman–Crippen LogP) is 3.66. The average Bonchev–Trinajstić information content (AvgIpc) is 2.95. The molecular weight excluding hydrogens is 428 g/mol. The summed E-state index contributed by atoms with van der Waals surface area (Å²) in [6, 6.07) is 3.50. The zero-order chi connectivity index (χ0) is 21.1. The Balaban J connectivity index is 2.36. The van der Waals surface area contributed by atoms with Gasteiger partial charge >= 0.3 is 5.97 Å². The fraction of sp³-hybridized carbons (Fsp3) is 0.450.